The van der Waals surface area contributed by atoms with Crippen LogP contribution in [0.1, 0.15) is 32.3 Å². The lowest BCUT2D eigenvalue weighted by atomic mass is 9.82. The van der Waals surface area contributed by atoms with E-state index in [1.165, 1.54) is 6.07 Å². The number of anilines is 1. The number of aliphatic hydroxyl groups is 1. The molecule has 3 nitrogen and oxygen atoms in total. The Bertz CT molecular complexity index is 444. The summed E-state index contributed by atoms with van der Waals surface area (Å²) in [7, 11) is 2.04. The normalized spacial score (nSPS) is 21.9. The second-order valence-electron chi connectivity index (χ2n) is 6.18. The van der Waals surface area contributed by atoms with Gasteiger partial charge in [-0.2, -0.15) is 0 Å². The first-order valence-electron chi connectivity index (χ1n) is 7.36. The van der Waals surface area contributed by atoms with E-state index in [0.29, 0.717) is 18.5 Å². The highest BCUT2D eigenvalue weighted by Crippen LogP contribution is 2.30. The van der Waals surface area contributed by atoms with Crippen molar-refractivity contribution >= 4 is 5.69 Å². The van der Waals surface area contributed by atoms with Crippen molar-refractivity contribution in [3.63, 3.8) is 0 Å². The summed E-state index contributed by atoms with van der Waals surface area (Å²) in [4.78, 5) is 2.17. The standard InChI is InChI=1S/C16H25FN2O/c1-11(2)18-9-13-8-14(17)4-5-16(13)19(3)10-12-6-15(20)7-12/h4-5,8,11-12,15,18,20H,6-7,9-10H2,1-3H3. The summed E-state index contributed by atoms with van der Waals surface area (Å²) in [5, 5.41) is 12.7. The number of nitrogens with zero attached hydrogens (tertiary/aromatic N) is 1. The van der Waals surface area contributed by atoms with E-state index in [-0.39, 0.29) is 11.9 Å². The minimum atomic E-state index is -0.193. The molecule has 0 radical (unpaired) electrons. The van der Waals surface area contributed by atoms with E-state index in [2.05, 4.69) is 24.1 Å². The van der Waals surface area contributed by atoms with Gasteiger partial charge in [-0.1, -0.05) is 13.8 Å². The predicted molar refractivity (Wildman–Crippen MR) is 80.4 cm³/mol. The Morgan fingerprint density at radius 1 is 1.40 bits per heavy atom. The molecule has 2 N–H and O–H groups in total. The van der Waals surface area contributed by atoms with Crippen molar-refractivity contribution in [1.29, 1.82) is 0 Å². The largest absolute Gasteiger partial charge is 0.393 e. The van der Waals surface area contributed by atoms with Crippen molar-refractivity contribution in [1.82, 2.24) is 5.32 Å². The third kappa shape index (κ3) is 3.93. The molecule has 2 rings (SSSR count). The number of nitrogens with one attached hydrogen (secondary N) is 1. The van der Waals surface area contributed by atoms with Gasteiger partial charge >= 0.3 is 0 Å². The van der Waals surface area contributed by atoms with Crippen LogP contribution >= 0.6 is 0 Å². The summed E-state index contributed by atoms with van der Waals surface area (Å²) in [6, 6.07) is 5.34. The molecule has 112 valence electrons. The molecule has 4 heteroatoms. The van der Waals surface area contributed by atoms with E-state index in [1.807, 2.05) is 13.1 Å². The van der Waals surface area contributed by atoms with Gasteiger partial charge in [-0.15, -0.1) is 0 Å². The van der Waals surface area contributed by atoms with Gasteiger partial charge in [0.2, 0.25) is 0 Å². The SMILES string of the molecule is CC(C)NCc1cc(F)ccc1N(C)CC1CC(O)C1. The van der Waals surface area contributed by atoms with E-state index in [4.69, 9.17) is 0 Å². The first kappa shape index (κ1) is 15.3. The third-order valence-corrected chi connectivity index (χ3v) is 3.90. The zero-order chi connectivity index (χ0) is 14.7. The van der Waals surface area contributed by atoms with Crippen LogP contribution < -0.4 is 10.2 Å². The molecule has 1 fully saturated rings. The molecule has 0 aliphatic heterocycles. The van der Waals surface area contributed by atoms with Crippen molar-refractivity contribution in [2.24, 2.45) is 5.92 Å². The predicted octanol–water partition coefficient (Wildman–Crippen LogP) is 2.53. The van der Waals surface area contributed by atoms with Crippen LogP contribution in [0.4, 0.5) is 10.1 Å². The molecule has 1 aromatic carbocycles. The van der Waals surface area contributed by atoms with Crippen molar-refractivity contribution < 1.29 is 9.50 Å². The highest BCUT2D eigenvalue weighted by Gasteiger charge is 2.28. The van der Waals surface area contributed by atoms with Crippen molar-refractivity contribution in [2.75, 3.05) is 18.5 Å². The number of aliphatic hydroxyl groups excluding tert-OH is 1. The zero-order valence-electron chi connectivity index (χ0n) is 12.6. The molecule has 0 bridgehead atoms. The lowest BCUT2D eigenvalue weighted by Gasteiger charge is -2.35. The maximum absolute atomic E-state index is 13.4. The average molecular weight is 280 g/mol. The van der Waals surface area contributed by atoms with Crippen LogP contribution in [0.2, 0.25) is 0 Å². The molecular formula is C16H25FN2O. The lowest BCUT2D eigenvalue weighted by Crippen LogP contribution is -2.37. The second-order valence-corrected chi connectivity index (χ2v) is 6.18. The molecule has 1 aromatic rings. The Labute approximate surface area is 120 Å². The van der Waals surface area contributed by atoms with Gasteiger partial charge < -0.3 is 15.3 Å². The van der Waals surface area contributed by atoms with Gasteiger partial charge in [0.15, 0.2) is 0 Å². The summed E-state index contributed by atoms with van der Waals surface area (Å²) in [6.45, 7) is 5.75. The maximum atomic E-state index is 13.4. The van der Waals surface area contributed by atoms with Crippen molar-refractivity contribution in [3.05, 3.63) is 29.6 Å². The van der Waals surface area contributed by atoms with Crippen LogP contribution in [0, 0.1) is 11.7 Å². The molecule has 1 aliphatic carbocycles. The molecular weight excluding hydrogens is 255 g/mol. The van der Waals surface area contributed by atoms with Crippen LogP contribution in [0.25, 0.3) is 0 Å². The molecule has 0 atom stereocenters. The van der Waals surface area contributed by atoms with Crippen LogP contribution in [0.15, 0.2) is 18.2 Å². The van der Waals surface area contributed by atoms with Gasteiger partial charge in [-0.3, -0.25) is 0 Å². The summed E-state index contributed by atoms with van der Waals surface area (Å²) in [5.41, 5.74) is 2.06. The lowest BCUT2D eigenvalue weighted by molar-refractivity contribution is 0.0464. The molecule has 0 unspecified atom stereocenters. The fourth-order valence-corrected chi connectivity index (χ4v) is 2.72. The van der Waals surface area contributed by atoms with Crippen LogP contribution in [-0.2, 0) is 6.54 Å². The van der Waals surface area contributed by atoms with Gasteiger partial charge in [-0.05, 0) is 42.5 Å². The minimum absolute atomic E-state index is 0.122. The Morgan fingerprint density at radius 3 is 2.70 bits per heavy atom. The van der Waals surface area contributed by atoms with E-state index in [9.17, 15) is 9.50 Å². The highest BCUT2D eigenvalue weighted by molar-refractivity contribution is 5.53. The average Bonchev–Trinajstić information content (AvgIpc) is 2.34. The van der Waals surface area contributed by atoms with Crippen LogP contribution in [0.5, 0.6) is 0 Å². The summed E-state index contributed by atoms with van der Waals surface area (Å²) in [6.07, 6.45) is 1.64. The van der Waals surface area contributed by atoms with Crippen LogP contribution in [0.3, 0.4) is 0 Å². The monoisotopic (exact) mass is 280 g/mol. The quantitative estimate of drug-likeness (QED) is 0.840. The fourth-order valence-electron chi connectivity index (χ4n) is 2.72. The Kier molecular flexibility index (Phi) is 5.00. The van der Waals surface area contributed by atoms with Crippen LogP contribution in [-0.4, -0.2) is 30.8 Å². The van der Waals surface area contributed by atoms with Gasteiger partial charge in [0.05, 0.1) is 6.10 Å². The molecule has 0 spiro atoms. The number of halogens is 1. The topological polar surface area (TPSA) is 35.5 Å². The van der Waals surface area contributed by atoms with Gasteiger partial charge in [-0.25, -0.2) is 4.39 Å². The number of hydrogen-bond donors (Lipinski definition) is 2. The Balaban J connectivity index is 2.04. The molecule has 1 saturated carbocycles. The second kappa shape index (κ2) is 6.55. The number of hydrogen-bond acceptors (Lipinski definition) is 3. The fraction of sp³-hybridized carbons (Fsp3) is 0.625. The summed E-state index contributed by atoms with van der Waals surface area (Å²) in [5.74, 6) is 0.354. The zero-order valence-corrected chi connectivity index (χ0v) is 12.6. The Hall–Kier alpha value is -1.13. The van der Waals surface area contributed by atoms with Gasteiger partial charge in [0, 0.05) is 31.9 Å². The molecule has 0 amide bonds. The Morgan fingerprint density at radius 2 is 2.10 bits per heavy atom. The maximum Gasteiger partial charge on any atom is 0.123 e. The smallest absolute Gasteiger partial charge is 0.123 e. The molecule has 20 heavy (non-hydrogen) atoms. The van der Waals surface area contributed by atoms with E-state index in [1.54, 1.807) is 6.07 Å². The molecule has 0 heterocycles. The van der Waals surface area contributed by atoms with Crippen molar-refractivity contribution in [2.45, 2.75) is 45.4 Å². The molecule has 1 aliphatic rings. The highest BCUT2D eigenvalue weighted by atomic mass is 19.1. The number of rotatable bonds is 6. The summed E-state index contributed by atoms with van der Waals surface area (Å²) < 4.78 is 13.4. The third-order valence-electron chi connectivity index (χ3n) is 3.90. The first-order chi connectivity index (χ1) is 9.45. The van der Waals surface area contributed by atoms with Crippen molar-refractivity contribution in [3.8, 4) is 0 Å². The number of benzene rings is 1. The van der Waals surface area contributed by atoms with E-state index < -0.39 is 0 Å². The van der Waals surface area contributed by atoms with Gasteiger partial charge in [0.25, 0.3) is 0 Å². The summed E-state index contributed by atoms with van der Waals surface area (Å²) >= 11 is 0. The van der Waals surface area contributed by atoms with E-state index in [0.717, 1.165) is 30.6 Å². The van der Waals surface area contributed by atoms with Gasteiger partial charge in [0.1, 0.15) is 5.82 Å². The minimum Gasteiger partial charge on any atom is -0.393 e. The van der Waals surface area contributed by atoms with E-state index >= 15 is 0 Å². The molecule has 0 aromatic heterocycles. The first-order valence-corrected chi connectivity index (χ1v) is 7.36. The molecule has 0 saturated heterocycles.